The third-order valence-electron chi connectivity index (χ3n) is 13.9. The van der Waals surface area contributed by atoms with Crippen LogP contribution in [0.1, 0.15) is 91.9 Å². The number of fused-ring (bicyclic) bond motifs is 5. The number of nitrogens with one attached hydrogen (secondary N) is 1. The van der Waals surface area contributed by atoms with E-state index >= 15 is 9.18 Å². The SMILES string of the molecule is CC(=O)OC[C@]1(OC(=O)NC23CC4CC(CC(C4)C2)C3)C(=O)[C@@]2(C)C[C@H](OC(=O)C(F)(F)F)[C@@]3(F)C(CC=C4CC(=O)C=C[C@@]43C)C2C[C@@H]1C. The van der Waals surface area contributed by atoms with Gasteiger partial charge in [0.15, 0.2) is 17.2 Å². The number of rotatable bonds is 5. The van der Waals surface area contributed by atoms with Crippen molar-refractivity contribution >= 4 is 29.6 Å². The first-order chi connectivity index (χ1) is 23.2. The zero-order chi connectivity index (χ0) is 36.2. The van der Waals surface area contributed by atoms with Crippen LogP contribution in [0.25, 0.3) is 0 Å². The van der Waals surface area contributed by atoms with Crippen molar-refractivity contribution in [3.05, 3.63) is 23.8 Å². The molecule has 8 aliphatic rings. The third-order valence-corrected chi connectivity index (χ3v) is 13.9. The number of halogens is 4. The van der Waals surface area contributed by atoms with Crippen molar-refractivity contribution in [3.63, 3.8) is 0 Å². The number of Topliss-reactive ketones (excluding diaryl/α,β-unsaturated/α-hetero) is 1. The average molecular weight is 708 g/mol. The van der Waals surface area contributed by atoms with E-state index in [1.807, 2.05) is 0 Å². The van der Waals surface area contributed by atoms with E-state index in [2.05, 4.69) is 5.32 Å². The van der Waals surface area contributed by atoms with Crippen molar-refractivity contribution in [1.29, 1.82) is 0 Å². The lowest BCUT2D eigenvalue weighted by molar-refractivity contribution is -0.247. The first-order valence-electron chi connectivity index (χ1n) is 17.8. The van der Waals surface area contributed by atoms with Gasteiger partial charge in [-0.3, -0.25) is 14.4 Å². The lowest BCUT2D eigenvalue weighted by Crippen LogP contribution is -2.73. The summed E-state index contributed by atoms with van der Waals surface area (Å²) in [5.74, 6) is -5.56. The van der Waals surface area contributed by atoms with Gasteiger partial charge in [0.2, 0.25) is 5.60 Å². The molecule has 0 aromatic rings. The van der Waals surface area contributed by atoms with Gasteiger partial charge in [-0.05, 0) is 88.0 Å². The molecule has 0 radical (unpaired) electrons. The van der Waals surface area contributed by atoms with Crippen LogP contribution in [0.2, 0.25) is 0 Å². The summed E-state index contributed by atoms with van der Waals surface area (Å²) in [6, 6.07) is 0. The molecule has 6 saturated carbocycles. The Kier molecular flexibility index (Phi) is 8.00. The van der Waals surface area contributed by atoms with Crippen LogP contribution in [0.3, 0.4) is 0 Å². The number of alkyl halides is 4. The number of carbonyl (C=O) groups excluding carboxylic acids is 5. The predicted molar refractivity (Wildman–Crippen MR) is 168 cm³/mol. The van der Waals surface area contributed by atoms with Crippen LogP contribution in [0, 0.1) is 46.3 Å². The topological polar surface area (TPSA) is 125 Å². The Hall–Kier alpha value is -3.25. The molecular weight excluding hydrogens is 662 g/mol. The maximum Gasteiger partial charge on any atom is 0.490 e. The van der Waals surface area contributed by atoms with Gasteiger partial charge in [0.05, 0.1) is 0 Å². The predicted octanol–water partition coefficient (Wildman–Crippen LogP) is 6.28. The van der Waals surface area contributed by atoms with Gasteiger partial charge in [0, 0.05) is 48.0 Å². The van der Waals surface area contributed by atoms with Gasteiger partial charge in [-0.1, -0.05) is 31.6 Å². The van der Waals surface area contributed by atoms with E-state index in [-0.39, 0.29) is 25.0 Å². The van der Waals surface area contributed by atoms with Crippen LogP contribution in [-0.2, 0) is 33.4 Å². The van der Waals surface area contributed by atoms with Gasteiger partial charge >= 0.3 is 24.2 Å². The van der Waals surface area contributed by atoms with Gasteiger partial charge in [-0.25, -0.2) is 14.0 Å². The first-order valence-corrected chi connectivity index (χ1v) is 17.8. The average Bonchev–Trinajstić information content (AvgIpc) is 3.00. The second-order valence-electron chi connectivity index (χ2n) is 17.0. The van der Waals surface area contributed by atoms with Gasteiger partial charge in [-0.2, -0.15) is 13.2 Å². The van der Waals surface area contributed by atoms with Crippen LogP contribution in [0.5, 0.6) is 0 Å². The molecule has 8 rings (SSSR count). The summed E-state index contributed by atoms with van der Waals surface area (Å²) in [7, 11) is 0. The van der Waals surface area contributed by atoms with E-state index in [0.717, 1.165) is 45.4 Å². The lowest BCUT2D eigenvalue weighted by atomic mass is 9.41. The zero-order valence-electron chi connectivity index (χ0n) is 28.8. The molecule has 0 saturated heterocycles. The molecule has 0 aromatic heterocycles. The molecule has 6 fully saturated rings. The molecule has 2 unspecified atom stereocenters. The fraction of sp³-hybridized carbons (Fsp3) is 0.757. The van der Waals surface area contributed by atoms with Gasteiger partial charge < -0.3 is 19.5 Å². The van der Waals surface area contributed by atoms with E-state index < -0.39 is 94.5 Å². The Balaban J connectivity index is 1.26. The summed E-state index contributed by atoms with van der Waals surface area (Å²) in [5.41, 5.74) is -8.03. The lowest BCUT2D eigenvalue weighted by Gasteiger charge is -2.64. The first kappa shape index (κ1) is 35.2. The number of allylic oxidation sites excluding steroid dienone is 4. The van der Waals surface area contributed by atoms with Crippen LogP contribution >= 0.6 is 0 Å². The Morgan fingerprint density at radius 1 is 0.960 bits per heavy atom. The summed E-state index contributed by atoms with van der Waals surface area (Å²) in [6.07, 6.45) is 0.970. The van der Waals surface area contributed by atoms with Gasteiger partial charge in [0.25, 0.3) is 0 Å². The van der Waals surface area contributed by atoms with Crippen LogP contribution in [0.4, 0.5) is 22.4 Å². The Morgan fingerprint density at radius 3 is 2.16 bits per heavy atom. The number of esters is 2. The molecule has 13 heteroatoms. The molecule has 0 spiro atoms. The second-order valence-corrected chi connectivity index (χ2v) is 17.0. The highest BCUT2D eigenvalue weighted by Gasteiger charge is 2.75. The smallest absolute Gasteiger partial charge is 0.461 e. The van der Waals surface area contributed by atoms with Crippen molar-refractivity contribution < 1.29 is 55.7 Å². The van der Waals surface area contributed by atoms with Gasteiger partial charge in [-0.15, -0.1) is 0 Å². The molecule has 8 atom stereocenters. The minimum Gasteiger partial charge on any atom is -0.461 e. The van der Waals surface area contributed by atoms with Crippen LogP contribution in [0.15, 0.2) is 23.8 Å². The van der Waals surface area contributed by atoms with E-state index in [0.29, 0.717) is 23.3 Å². The van der Waals surface area contributed by atoms with Crippen LogP contribution in [-0.4, -0.2) is 65.3 Å². The van der Waals surface area contributed by atoms with Crippen molar-refractivity contribution in [2.75, 3.05) is 6.61 Å². The number of alkyl carbamates (subject to hydrolysis) is 1. The number of hydrogen-bond acceptors (Lipinski definition) is 8. The highest BCUT2D eigenvalue weighted by molar-refractivity contribution is 5.97. The van der Waals surface area contributed by atoms with E-state index in [1.165, 1.54) is 26.0 Å². The summed E-state index contributed by atoms with van der Waals surface area (Å²) >= 11 is 0. The van der Waals surface area contributed by atoms with Gasteiger partial charge in [0.1, 0.15) is 12.7 Å². The zero-order valence-corrected chi connectivity index (χ0v) is 28.8. The summed E-state index contributed by atoms with van der Waals surface area (Å²) < 4.78 is 75.8. The molecule has 9 nitrogen and oxygen atoms in total. The van der Waals surface area contributed by atoms with Crippen molar-refractivity contribution in [2.24, 2.45) is 46.3 Å². The van der Waals surface area contributed by atoms with E-state index in [9.17, 15) is 32.3 Å². The molecule has 1 amide bonds. The second kappa shape index (κ2) is 11.4. The minimum absolute atomic E-state index is 0.0207. The van der Waals surface area contributed by atoms with Crippen molar-refractivity contribution in [3.8, 4) is 0 Å². The maximum absolute atomic E-state index is 18.2. The summed E-state index contributed by atoms with van der Waals surface area (Å²) in [5, 5.41) is 3.10. The molecule has 274 valence electrons. The number of amides is 1. The largest absolute Gasteiger partial charge is 0.490 e. The number of hydrogen-bond donors (Lipinski definition) is 1. The third kappa shape index (κ3) is 5.17. The molecule has 1 N–H and O–H groups in total. The standard InChI is InChI=1S/C37H45F4NO8/c1-19-9-27-26-6-5-24-13-25(44)7-8-33(24,4)36(26,38)28(49-30(46)37(39,40)41)17-32(27,3)29(45)35(19,18-48-20(2)43)50-31(47)42-34-14-21-10-22(15-34)12-23(11-21)16-34/h5,7-8,19,21-23,26-28H,6,9-18H2,1-4H3,(H,42,47)/t19-,21?,22?,23?,26?,27?,28-,32-,33-,34?,35+,36-/m0/s1. The molecule has 0 heterocycles. The minimum atomic E-state index is -5.45. The molecule has 50 heavy (non-hydrogen) atoms. The highest BCUT2D eigenvalue weighted by Crippen LogP contribution is 2.68. The monoisotopic (exact) mass is 707 g/mol. The summed E-state index contributed by atoms with van der Waals surface area (Å²) in [4.78, 5) is 65.9. The fourth-order valence-corrected chi connectivity index (χ4v) is 12.0. The normalized spacial score (nSPS) is 45.8. The Morgan fingerprint density at radius 2 is 1.58 bits per heavy atom. The van der Waals surface area contributed by atoms with E-state index in [4.69, 9.17) is 14.2 Å². The van der Waals surface area contributed by atoms with E-state index in [1.54, 1.807) is 13.0 Å². The maximum atomic E-state index is 18.2. The van der Waals surface area contributed by atoms with Crippen molar-refractivity contribution in [1.82, 2.24) is 5.32 Å². The number of carbonyl (C=O) groups is 5. The quantitative estimate of drug-likeness (QED) is 0.153. The molecule has 0 aliphatic heterocycles. The van der Waals surface area contributed by atoms with Crippen LogP contribution < -0.4 is 5.32 Å². The number of ketones is 2. The Bertz CT molecular complexity index is 1550. The molecular formula is C37H45F4NO8. The molecule has 0 aromatic carbocycles. The summed E-state index contributed by atoms with van der Waals surface area (Å²) in [6.45, 7) is 5.15. The molecule has 4 bridgehead atoms. The van der Waals surface area contributed by atoms with Crippen molar-refractivity contribution in [2.45, 2.75) is 121 Å². The number of ether oxygens (including phenoxy) is 3. The fourth-order valence-electron chi connectivity index (χ4n) is 12.0. The molecule has 8 aliphatic carbocycles. The Labute approximate surface area is 288 Å². The highest BCUT2D eigenvalue weighted by atomic mass is 19.4.